The van der Waals surface area contributed by atoms with E-state index < -0.39 is 0 Å². The molecule has 2 aromatic rings. The zero-order chi connectivity index (χ0) is 7.68. The average molecular weight is 182 g/mol. The SMILES string of the molecule is Nc1sccc1-c1nccs1. The third-order valence-electron chi connectivity index (χ3n) is 1.36. The molecule has 0 aliphatic carbocycles. The highest BCUT2D eigenvalue weighted by molar-refractivity contribution is 7.16. The van der Waals surface area contributed by atoms with Gasteiger partial charge in [0.15, 0.2) is 0 Å². The summed E-state index contributed by atoms with van der Waals surface area (Å²) in [5.74, 6) is 0. The molecule has 0 fully saturated rings. The van der Waals surface area contributed by atoms with Crippen molar-refractivity contribution in [3.05, 3.63) is 23.0 Å². The molecule has 2 N–H and O–H groups in total. The molecule has 0 spiro atoms. The van der Waals surface area contributed by atoms with Crippen LogP contribution in [0.2, 0.25) is 0 Å². The van der Waals surface area contributed by atoms with Crippen LogP contribution in [0.1, 0.15) is 0 Å². The Bertz CT molecular complexity index is 337. The molecule has 0 radical (unpaired) electrons. The van der Waals surface area contributed by atoms with Crippen LogP contribution < -0.4 is 5.73 Å². The quantitative estimate of drug-likeness (QED) is 0.735. The summed E-state index contributed by atoms with van der Waals surface area (Å²) in [5.41, 5.74) is 6.78. The number of thiophene rings is 1. The van der Waals surface area contributed by atoms with Gasteiger partial charge in [-0.05, 0) is 11.4 Å². The third kappa shape index (κ3) is 1.15. The number of rotatable bonds is 1. The molecule has 56 valence electrons. The van der Waals surface area contributed by atoms with Crippen LogP contribution in [-0.2, 0) is 0 Å². The van der Waals surface area contributed by atoms with Crippen LogP contribution >= 0.6 is 22.7 Å². The van der Waals surface area contributed by atoms with Crippen LogP contribution in [0, 0.1) is 0 Å². The van der Waals surface area contributed by atoms with E-state index >= 15 is 0 Å². The van der Waals surface area contributed by atoms with Crippen molar-refractivity contribution in [1.29, 1.82) is 0 Å². The maximum absolute atomic E-state index is 5.72. The van der Waals surface area contributed by atoms with Gasteiger partial charge in [0.05, 0.1) is 5.00 Å². The highest BCUT2D eigenvalue weighted by Crippen LogP contribution is 2.31. The molecular weight excluding hydrogens is 176 g/mol. The Morgan fingerprint density at radius 2 is 2.18 bits per heavy atom. The van der Waals surface area contributed by atoms with E-state index in [-0.39, 0.29) is 0 Å². The Morgan fingerprint density at radius 3 is 2.73 bits per heavy atom. The van der Waals surface area contributed by atoms with E-state index in [2.05, 4.69) is 4.98 Å². The molecule has 4 heteroatoms. The van der Waals surface area contributed by atoms with Crippen LogP contribution in [0.25, 0.3) is 10.6 Å². The number of nitrogen functional groups attached to an aromatic ring is 1. The summed E-state index contributed by atoms with van der Waals surface area (Å²) in [6, 6.07) is 2.00. The smallest absolute Gasteiger partial charge is 0.126 e. The summed E-state index contributed by atoms with van der Waals surface area (Å²) < 4.78 is 0. The Kier molecular flexibility index (Phi) is 1.63. The van der Waals surface area contributed by atoms with Crippen molar-refractivity contribution >= 4 is 27.7 Å². The molecule has 2 aromatic heterocycles. The number of nitrogens with zero attached hydrogens (tertiary/aromatic N) is 1. The largest absolute Gasteiger partial charge is 0.390 e. The van der Waals surface area contributed by atoms with E-state index in [1.54, 1.807) is 28.9 Å². The summed E-state index contributed by atoms with van der Waals surface area (Å²) in [6.07, 6.45) is 1.79. The van der Waals surface area contributed by atoms with E-state index in [0.29, 0.717) is 0 Å². The number of hydrogen-bond donors (Lipinski definition) is 1. The van der Waals surface area contributed by atoms with Crippen molar-refractivity contribution in [3.63, 3.8) is 0 Å². The van der Waals surface area contributed by atoms with Gasteiger partial charge in [-0.2, -0.15) is 0 Å². The maximum Gasteiger partial charge on any atom is 0.126 e. The molecule has 11 heavy (non-hydrogen) atoms. The highest BCUT2D eigenvalue weighted by atomic mass is 32.1. The van der Waals surface area contributed by atoms with Crippen molar-refractivity contribution in [2.24, 2.45) is 0 Å². The molecule has 0 amide bonds. The Balaban J connectivity index is 2.53. The monoisotopic (exact) mass is 182 g/mol. The zero-order valence-electron chi connectivity index (χ0n) is 5.65. The first-order chi connectivity index (χ1) is 5.38. The lowest BCUT2D eigenvalue weighted by Gasteiger charge is -1.90. The number of hydrogen-bond acceptors (Lipinski definition) is 4. The van der Waals surface area contributed by atoms with Crippen molar-refractivity contribution in [2.45, 2.75) is 0 Å². The fourth-order valence-corrected chi connectivity index (χ4v) is 2.24. The van der Waals surface area contributed by atoms with Gasteiger partial charge in [0.1, 0.15) is 5.01 Å². The summed E-state index contributed by atoms with van der Waals surface area (Å²) in [6.45, 7) is 0. The topological polar surface area (TPSA) is 38.9 Å². The van der Waals surface area contributed by atoms with Crippen LogP contribution in [0.15, 0.2) is 23.0 Å². The number of thiazole rings is 1. The number of anilines is 1. The van der Waals surface area contributed by atoms with E-state index in [1.165, 1.54) is 0 Å². The van der Waals surface area contributed by atoms with Gasteiger partial charge in [0, 0.05) is 17.1 Å². The molecule has 0 aliphatic rings. The van der Waals surface area contributed by atoms with Gasteiger partial charge >= 0.3 is 0 Å². The molecule has 0 aromatic carbocycles. The second-order valence-corrected chi connectivity index (χ2v) is 3.88. The fraction of sp³-hybridized carbons (Fsp3) is 0. The lowest BCUT2D eigenvalue weighted by atomic mass is 10.3. The summed E-state index contributed by atoms with van der Waals surface area (Å²) >= 11 is 3.16. The number of aromatic nitrogens is 1. The fourth-order valence-electron chi connectivity index (χ4n) is 0.854. The predicted octanol–water partition coefficient (Wildman–Crippen LogP) is 2.45. The molecular formula is C7H6N2S2. The molecule has 0 atom stereocenters. The van der Waals surface area contributed by atoms with Gasteiger partial charge < -0.3 is 5.73 Å². The predicted molar refractivity (Wildman–Crippen MR) is 49.8 cm³/mol. The molecule has 0 aliphatic heterocycles. The second-order valence-electron chi connectivity index (χ2n) is 2.04. The van der Waals surface area contributed by atoms with E-state index in [4.69, 9.17) is 5.73 Å². The average Bonchev–Trinajstić information content (AvgIpc) is 2.55. The maximum atomic E-state index is 5.72. The molecule has 2 nitrogen and oxygen atoms in total. The zero-order valence-corrected chi connectivity index (χ0v) is 7.28. The molecule has 2 heterocycles. The Morgan fingerprint density at radius 1 is 1.27 bits per heavy atom. The minimum Gasteiger partial charge on any atom is -0.390 e. The lowest BCUT2D eigenvalue weighted by Crippen LogP contribution is -1.81. The van der Waals surface area contributed by atoms with Gasteiger partial charge in [-0.1, -0.05) is 0 Å². The molecule has 2 rings (SSSR count). The first-order valence-corrected chi connectivity index (χ1v) is 4.86. The van der Waals surface area contributed by atoms with Crippen molar-refractivity contribution in [1.82, 2.24) is 4.98 Å². The second kappa shape index (κ2) is 2.64. The van der Waals surface area contributed by atoms with Crippen LogP contribution in [0.4, 0.5) is 5.00 Å². The van der Waals surface area contributed by atoms with E-state index in [9.17, 15) is 0 Å². The normalized spacial score (nSPS) is 10.2. The molecule has 0 bridgehead atoms. The summed E-state index contributed by atoms with van der Waals surface area (Å²) in [4.78, 5) is 4.16. The third-order valence-corrected chi connectivity index (χ3v) is 2.91. The van der Waals surface area contributed by atoms with E-state index in [1.807, 2.05) is 16.8 Å². The molecule has 0 saturated carbocycles. The van der Waals surface area contributed by atoms with E-state index in [0.717, 1.165) is 15.6 Å². The van der Waals surface area contributed by atoms with Crippen molar-refractivity contribution in [3.8, 4) is 10.6 Å². The lowest BCUT2D eigenvalue weighted by molar-refractivity contribution is 1.42. The van der Waals surface area contributed by atoms with Crippen LogP contribution in [-0.4, -0.2) is 4.98 Å². The first-order valence-electron chi connectivity index (χ1n) is 3.11. The Labute approximate surface area is 72.3 Å². The summed E-state index contributed by atoms with van der Waals surface area (Å²) in [5, 5.41) is 5.78. The van der Waals surface area contributed by atoms with Crippen LogP contribution in [0.5, 0.6) is 0 Å². The van der Waals surface area contributed by atoms with Gasteiger partial charge in [-0.15, -0.1) is 22.7 Å². The van der Waals surface area contributed by atoms with Gasteiger partial charge in [-0.25, -0.2) is 4.98 Å². The number of nitrogens with two attached hydrogens (primary N) is 1. The Hall–Kier alpha value is -0.870. The minimum atomic E-state index is 0.847. The minimum absolute atomic E-state index is 0.847. The standard InChI is InChI=1S/C7H6N2S2/c8-6-5(1-3-10-6)7-9-2-4-11-7/h1-4H,8H2. The van der Waals surface area contributed by atoms with Gasteiger partial charge in [-0.3, -0.25) is 0 Å². The summed E-state index contributed by atoms with van der Waals surface area (Å²) in [7, 11) is 0. The van der Waals surface area contributed by atoms with Crippen LogP contribution in [0.3, 0.4) is 0 Å². The molecule has 0 unspecified atom stereocenters. The van der Waals surface area contributed by atoms with Gasteiger partial charge in [0.2, 0.25) is 0 Å². The molecule has 0 saturated heterocycles. The van der Waals surface area contributed by atoms with Gasteiger partial charge in [0.25, 0.3) is 0 Å². The highest BCUT2D eigenvalue weighted by Gasteiger charge is 2.04. The van der Waals surface area contributed by atoms with Crippen molar-refractivity contribution in [2.75, 3.05) is 5.73 Å². The van der Waals surface area contributed by atoms with Crippen molar-refractivity contribution < 1.29 is 0 Å². The first kappa shape index (κ1) is 6.82.